The number of halogens is 1. The van der Waals surface area contributed by atoms with Crippen LogP contribution in [0.2, 0.25) is 0 Å². The fourth-order valence-electron chi connectivity index (χ4n) is 3.18. The van der Waals surface area contributed by atoms with Gasteiger partial charge in [-0.25, -0.2) is 9.37 Å². The number of anilines is 2. The van der Waals surface area contributed by atoms with Gasteiger partial charge in [0.2, 0.25) is 0 Å². The van der Waals surface area contributed by atoms with Gasteiger partial charge in [0, 0.05) is 18.7 Å². The number of fused-ring (bicyclic) bond motifs is 1. The van der Waals surface area contributed by atoms with E-state index in [1.165, 1.54) is 29.3 Å². The van der Waals surface area contributed by atoms with E-state index in [0.29, 0.717) is 5.82 Å². The Kier molecular flexibility index (Phi) is 4.35. The van der Waals surface area contributed by atoms with Gasteiger partial charge in [-0.1, -0.05) is 30.3 Å². The van der Waals surface area contributed by atoms with Crippen molar-refractivity contribution in [2.45, 2.75) is 13.0 Å². The lowest BCUT2D eigenvalue weighted by molar-refractivity contribution is 0.102. The Morgan fingerprint density at radius 2 is 1.88 bits per heavy atom. The standard InChI is InChI=1S/C21H18FN3O/c22-18-7-3-6-16(12-18)21(26)24-20-9-8-19(13-23-20)25-11-10-15-4-1-2-5-17(15)14-25/h1-9,12-13H,10-11,14H2,(H,23,24,26). The number of amides is 1. The fraction of sp³-hybridized carbons (Fsp3) is 0.143. The van der Waals surface area contributed by atoms with Crippen LogP contribution in [0, 0.1) is 5.82 Å². The molecule has 130 valence electrons. The summed E-state index contributed by atoms with van der Waals surface area (Å²) in [6.07, 6.45) is 2.77. The van der Waals surface area contributed by atoms with Gasteiger partial charge in [0.05, 0.1) is 11.9 Å². The van der Waals surface area contributed by atoms with Crippen molar-refractivity contribution in [3.8, 4) is 0 Å². The predicted molar refractivity (Wildman–Crippen MR) is 99.8 cm³/mol. The van der Waals surface area contributed by atoms with Crippen LogP contribution in [0.25, 0.3) is 0 Å². The molecule has 1 amide bonds. The minimum atomic E-state index is -0.439. The number of nitrogens with one attached hydrogen (secondary N) is 1. The third-order valence-corrected chi connectivity index (χ3v) is 4.57. The third kappa shape index (κ3) is 3.42. The van der Waals surface area contributed by atoms with Crippen LogP contribution in [0.1, 0.15) is 21.5 Å². The Bertz CT molecular complexity index is 940. The number of aromatic nitrogens is 1. The molecule has 2 aromatic carbocycles. The number of hydrogen-bond donors (Lipinski definition) is 1. The molecule has 0 fully saturated rings. The number of nitrogens with zero attached hydrogens (tertiary/aromatic N) is 2. The van der Waals surface area contributed by atoms with Crippen LogP contribution in [0.15, 0.2) is 66.9 Å². The van der Waals surface area contributed by atoms with Gasteiger partial charge in [0.25, 0.3) is 5.91 Å². The SMILES string of the molecule is O=C(Nc1ccc(N2CCc3ccccc3C2)cn1)c1cccc(F)c1. The van der Waals surface area contributed by atoms with E-state index in [1.807, 2.05) is 6.07 Å². The molecule has 1 aliphatic heterocycles. The summed E-state index contributed by atoms with van der Waals surface area (Å²) in [5.41, 5.74) is 4.02. The minimum absolute atomic E-state index is 0.267. The summed E-state index contributed by atoms with van der Waals surface area (Å²) < 4.78 is 13.2. The molecule has 26 heavy (non-hydrogen) atoms. The normalized spacial score (nSPS) is 13.2. The highest BCUT2D eigenvalue weighted by atomic mass is 19.1. The van der Waals surface area contributed by atoms with Crippen molar-refractivity contribution in [2.24, 2.45) is 0 Å². The largest absolute Gasteiger partial charge is 0.366 e. The molecule has 0 unspecified atom stereocenters. The zero-order valence-electron chi connectivity index (χ0n) is 14.2. The number of pyridine rings is 1. The maximum absolute atomic E-state index is 13.2. The number of benzene rings is 2. The Hall–Kier alpha value is -3.21. The van der Waals surface area contributed by atoms with Gasteiger partial charge in [-0.2, -0.15) is 0 Å². The first-order chi connectivity index (χ1) is 12.7. The Morgan fingerprint density at radius 3 is 2.65 bits per heavy atom. The summed E-state index contributed by atoms with van der Waals surface area (Å²) in [4.78, 5) is 18.8. The van der Waals surface area contributed by atoms with Crippen molar-refractivity contribution >= 4 is 17.4 Å². The van der Waals surface area contributed by atoms with Gasteiger partial charge in [0.1, 0.15) is 11.6 Å². The molecule has 2 heterocycles. The average Bonchev–Trinajstić information content (AvgIpc) is 2.68. The van der Waals surface area contributed by atoms with E-state index in [0.717, 1.165) is 25.2 Å². The molecule has 0 saturated carbocycles. The monoisotopic (exact) mass is 347 g/mol. The van der Waals surface area contributed by atoms with Crippen LogP contribution in [-0.4, -0.2) is 17.4 Å². The molecule has 0 aliphatic carbocycles. The van der Waals surface area contributed by atoms with E-state index in [4.69, 9.17) is 0 Å². The van der Waals surface area contributed by atoms with Crippen molar-refractivity contribution in [2.75, 3.05) is 16.8 Å². The number of carbonyl (C=O) groups excluding carboxylic acids is 1. The average molecular weight is 347 g/mol. The lowest BCUT2D eigenvalue weighted by atomic mass is 10.00. The van der Waals surface area contributed by atoms with Gasteiger partial charge < -0.3 is 10.2 Å². The van der Waals surface area contributed by atoms with Crippen LogP contribution in [0.3, 0.4) is 0 Å². The summed E-state index contributed by atoms with van der Waals surface area (Å²) in [5, 5.41) is 2.70. The molecule has 0 atom stereocenters. The van der Waals surface area contributed by atoms with Gasteiger partial charge >= 0.3 is 0 Å². The van der Waals surface area contributed by atoms with E-state index >= 15 is 0 Å². The molecule has 1 aromatic heterocycles. The van der Waals surface area contributed by atoms with Crippen LogP contribution < -0.4 is 10.2 Å². The summed E-state index contributed by atoms with van der Waals surface area (Å²) in [6, 6.07) is 17.8. The lowest BCUT2D eigenvalue weighted by Gasteiger charge is -2.30. The zero-order chi connectivity index (χ0) is 17.9. The van der Waals surface area contributed by atoms with Crippen LogP contribution >= 0.6 is 0 Å². The van der Waals surface area contributed by atoms with Gasteiger partial charge in [0.15, 0.2) is 0 Å². The molecule has 1 aliphatic rings. The Morgan fingerprint density at radius 1 is 1.04 bits per heavy atom. The summed E-state index contributed by atoms with van der Waals surface area (Å²) >= 11 is 0. The molecular weight excluding hydrogens is 329 g/mol. The lowest BCUT2D eigenvalue weighted by Crippen LogP contribution is -2.30. The molecule has 4 nitrogen and oxygen atoms in total. The van der Waals surface area contributed by atoms with Crippen molar-refractivity contribution in [3.05, 3.63) is 89.4 Å². The highest BCUT2D eigenvalue weighted by Crippen LogP contribution is 2.24. The van der Waals surface area contributed by atoms with E-state index in [9.17, 15) is 9.18 Å². The molecule has 0 saturated heterocycles. The maximum atomic E-state index is 13.2. The van der Waals surface area contributed by atoms with E-state index in [2.05, 4.69) is 39.5 Å². The van der Waals surface area contributed by atoms with Crippen molar-refractivity contribution in [1.82, 2.24) is 4.98 Å². The molecule has 1 N–H and O–H groups in total. The van der Waals surface area contributed by atoms with Gasteiger partial charge in [-0.3, -0.25) is 4.79 Å². The minimum Gasteiger partial charge on any atom is -0.366 e. The van der Waals surface area contributed by atoms with Crippen LogP contribution in [0.5, 0.6) is 0 Å². The highest BCUT2D eigenvalue weighted by molar-refractivity contribution is 6.03. The third-order valence-electron chi connectivity index (χ3n) is 4.57. The van der Waals surface area contributed by atoms with Gasteiger partial charge in [-0.05, 0) is 47.9 Å². The van der Waals surface area contributed by atoms with E-state index in [-0.39, 0.29) is 11.5 Å². The van der Waals surface area contributed by atoms with Crippen LogP contribution in [-0.2, 0) is 13.0 Å². The fourth-order valence-corrected chi connectivity index (χ4v) is 3.18. The zero-order valence-corrected chi connectivity index (χ0v) is 14.2. The topological polar surface area (TPSA) is 45.2 Å². The Labute approximate surface area is 151 Å². The number of rotatable bonds is 3. The first-order valence-electron chi connectivity index (χ1n) is 8.54. The number of hydrogen-bond acceptors (Lipinski definition) is 3. The van der Waals surface area contributed by atoms with Gasteiger partial charge in [-0.15, -0.1) is 0 Å². The molecule has 0 bridgehead atoms. The van der Waals surface area contributed by atoms with Crippen LogP contribution in [0.4, 0.5) is 15.9 Å². The summed E-state index contributed by atoms with van der Waals surface area (Å²) in [5.74, 6) is -0.372. The quantitative estimate of drug-likeness (QED) is 0.778. The second kappa shape index (κ2) is 6.96. The van der Waals surface area contributed by atoms with E-state index < -0.39 is 5.82 Å². The van der Waals surface area contributed by atoms with Crippen molar-refractivity contribution in [3.63, 3.8) is 0 Å². The number of carbonyl (C=O) groups is 1. The first kappa shape index (κ1) is 16.3. The molecule has 5 heteroatoms. The molecule has 0 spiro atoms. The second-order valence-corrected chi connectivity index (χ2v) is 6.31. The van der Waals surface area contributed by atoms with E-state index in [1.54, 1.807) is 18.3 Å². The second-order valence-electron chi connectivity index (χ2n) is 6.31. The maximum Gasteiger partial charge on any atom is 0.256 e. The molecule has 3 aromatic rings. The highest BCUT2D eigenvalue weighted by Gasteiger charge is 2.16. The Balaban J connectivity index is 1.45. The molecular formula is C21H18FN3O. The predicted octanol–water partition coefficient (Wildman–Crippen LogP) is 4.04. The van der Waals surface area contributed by atoms with Crippen molar-refractivity contribution in [1.29, 1.82) is 0 Å². The van der Waals surface area contributed by atoms with Crippen molar-refractivity contribution < 1.29 is 9.18 Å². The molecule has 4 rings (SSSR count). The molecule has 0 radical (unpaired) electrons. The first-order valence-corrected chi connectivity index (χ1v) is 8.54. The summed E-state index contributed by atoms with van der Waals surface area (Å²) in [7, 11) is 0. The smallest absolute Gasteiger partial charge is 0.256 e. The summed E-state index contributed by atoms with van der Waals surface area (Å²) in [6.45, 7) is 1.79.